The van der Waals surface area contributed by atoms with Crippen LogP contribution in [0.5, 0.6) is 0 Å². The normalized spacial score (nSPS) is 13.8. The fourth-order valence-corrected chi connectivity index (χ4v) is 6.26. The number of quaternary nitrogens is 1. The van der Waals surface area contributed by atoms with Gasteiger partial charge in [-0.2, -0.15) is 0 Å². The maximum absolute atomic E-state index is 12.6. The summed E-state index contributed by atoms with van der Waals surface area (Å²) in [6.07, 6.45) is 32.4. The third-order valence-electron chi connectivity index (χ3n) is 8.79. The Morgan fingerprint density at radius 3 is 1.48 bits per heavy atom. The first-order valence-electron chi connectivity index (χ1n) is 20.4. The van der Waals surface area contributed by atoms with Crippen molar-refractivity contribution in [1.29, 1.82) is 0 Å². The summed E-state index contributed by atoms with van der Waals surface area (Å²) in [5.74, 6) is -0.841. The Kier molecular flexibility index (Phi) is 32.7. The average Bonchev–Trinajstić information content (AvgIpc) is 3.06. The first kappa shape index (κ1) is 48.8. The van der Waals surface area contributed by atoms with Crippen molar-refractivity contribution < 1.29 is 42.1 Å². The van der Waals surface area contributed by atoms with E-state index >= 15 is 0 Å². The molecule has 0 aliphatic rings. The minimum absolute atomic E-state index is 0.0296. The summed E-state index contributed by atoms with van der Waals surface area (Å²) in [4.78, 5) is 37.3. The molecule has 0 rings (SSSR count). The first-order valence-corrected chi connectivity index (χ1v) is 21.9. The number of esters is 2. The van der Waals surface area contributed by atoms with Crippen LogP contribution in [-0.2, 0) is 32.7 Å². The highest BCUT2D eigenvalue weighted by atomic mass is 31.2. The molecule has 10 heteroatoms. The zero-order valence-electron chi connectivity index (χ0n) is 33.1. The predicted molar refractivity (Wildman–Crippen MR) is 204 cm³/mol. The fourth-order valence-electron chi connectivity index (χ4n) is 5.53. The summed E-state index contributed by atoms with van der Waals surface area (Å²) >= 11 is 0. The number of carbonyl (C=O) groups excluding carboxylic acids is 2. The van der Waals surface area contributed by atoms with Gasteiger partial charge in [0.05, 0.1) is 27.7 Å². The van der Waals surface area contributed by atoms with Crippen molar-refractivity contribution in [2.24, 2.45) is 0 Å². The van der Waals surface area contributed by atoms with Crippen LogP contribution in [0.3, 0.4) is 0 Å². The average molecular weight is 732 g/mol. The van der Waals surface area contributed by atoms with Crippen LogP contribution in [-0.4, -0.2) is 70.0 Å². The lowest BCUT2D eigenvalue weighted by atomic mass is 10.1. The molecule has 0 aromatic rings. The van der Waals surface area contributed by atoms with Crippen LogP contribution in [0.2, 0.25) is 0 Å². The van der Waals surface area contributed by atoms with Gasteiger partial charge in [-0.05, 0) is 38.5 Å². The van der Waals surface area contributed by atoms with Gasteiger partial charge in [-0.1, -0.05) is 142 Å². The number of allylic oxidation sites excluding steroid dienone is 2. The molecule has 0 radical (unpaired) electrons. The summed E-state index contributed by atoms with van der Waals surface area (Å²) in [6, 6.07) is 0. The molecule has 50 heavy (non-hydrogen) atoms. The number of rotatable bonds is 37. The molecule has 0 amide bonds. The molecule has 0 aliphatic carbocycles. The van der Waals surface area contributed by atoms with Crippen molar-refractivity contribution in [3.63, 3.8) is 0 Å². The Balaban J connectivity index is 4.39. The lowest BCUT2D eigenvalue weighted by molar-refractivity contribution is -0.870. The van der Waals surface area contributed by atoms with Gasteiger partial charge in [0.1, 0.15) is 19.8 Å². The molecule has 0 saturated carbocycles. The molecule has 0 aromatic carbocycles. The van der Waals surface area contributed by atoms with Crippen LogP contribution in [0.4, 0.5) is 0 Å². The molecule has 1 unspecified atom stereocenters. The Morgan fingerprint density at radius 1 is 0.600 bits per heavy atom. The van der Waals surface area contributed by atoms with Gasteiger partial charge in [0.2, 0.25) is 0 Å². The Morgan fingerprint density at radius 2 is 1.02 bits per heavy atom. The summed E-state index contributed by atoms with van der Waals surface area (Å²) in [7, 11) is 1.17. The molecular formula is C40H78NO8P. The van der Waals surface area contributed by atoms with Crippen molar-refractivity contribution in [2.75, 3.05) is 47.5 Å². The van der Waals surface area contributed by atoms with Crippen LogP contribution in [0.25, 0.3) is 0 Å². The number of carbonyl (C=O) groups is 2. The van der Waals surface area contributed by atoms with Crippen LogP contribution in [0.15, 0.2) is 12.2 Å². The predicted octanol–water partition coefficient (Wildman–Crippen LogP) is 10.4. The first-order chi connectivity index (χ1) is 24.0. The Labute approximate surface area is 307 Å². The molecule has 0 bridgehead atoms. The highest BCUT2D eigenvalue weighted by molar-refractivity contribution is 7.45. The number of nitrogens with zero attached hydrogens (tertiary/aromatic N) is 1. The van der Waals surface area contributed by atoms with Crippen molar-refractivity contribution in [2.45, 2.75) is 187 Å². The lowest BCUT2D eigenvalue weighted by Gasteiger charge is -2.28. The van der Waals surface area contributed by atoms with Crippen molar-refractivity contribution in [3.05, 3.63) is 12.2 Å². The van der Waals surface area contributed by atoms with E-state index in [4.69, 9.17) is 18.5 Å². The lowest BCUT2D eigenvalue weighted by Crippen LogP contribution is -2.37. The maximum atomic E-state index is 12.6. The number of phosphoric acid groups is 1. The number of likely N-dealkylation sites (N-methyl/N-ethyl adjacent to an activating group) is 1. The summed E-state index contributed by atoms with van der Waals surface area (Å²) in [5, 5.41) is 0. The van der Waals surface area contributed by atoms with E-state index in [1.165, 1.54) is 96.3 Å². The minimum atomic E-state index is -4.61. The van der Waals surface area contributed by atoms with Crippen LogP contribution >= 0.6 is 7.82 Å². The van der Waals surface area contributed by atoms with Gasteiger partial charge in [-0.15, -0.1) is 0 Å². The Hall–Kier alpha value is -1.25. The smallest absolute Gasteiger partial charge is 0.306 e. The highest BCUT2D eigenvalue weighted by Gasteiger charge is 2.21. The fraction of sp³-hybridized carbons (Fsp3) is 0.900. The molecule has 296 valence electrons. The second-order valence-corrected chi connectivity index (χ2v) is 16.4. The third kappa shape index (κ3) is 36.5. The molecule has 9 nitrogen and oxygen atoms in total. The summed E-state index contributed by atoms with van der Waals surface area (Å²) in [5.41, 5.74) is 0. The van der Waals surface area contributed by atoms with Crippen molar-refractivity contribution >= 4 is 19.8 Å². The number of hydrogen-bond acceptors (Lipinski definition) is 8. The monoisotopic (exact) mass is 732 g/mol. The van der Waals surface area contributed by atoms with Crippen LogP contribution in [0, 0.1) is 0 Å². The highest BCUT2D eigenvalue weighted by Crippen LogP contribution is 2.38. The van der Waals surface area contributed by atoms with E-state index in [0.717, 1.165) is 51.4 Å². The summed E-state index contributed by atoms with van der Waals surface area (Å²) < 4.78 is 33.8. The van der Waals surface area contributed by atoms with Gasteiger partial charge in [0.25, 0.3) is 7.82 Å². The largest absolute Gasteiger partial charge is 0.756 e. The van der Waals surface area contributed by atoms with E-state index in [-0.39, 0.29) is 32.0 Å². The van der Waals surface area contributed by atoms with Gasteiger partial charge >= 0.3 is 11.9 Å². The number of phosphoric ester groups is 1. The standard InChI is InChI=1S/C40H78NO8P/c1-6-8-10-12-14-16-18-19-20-21-22-23-25-27-29-31-33-40(43)49-38(37-48-50(44,45)47-35-34-41(3,4)5)36-46-39(42)32-30-28-26-24-17-15-13-11-9-7-2/h20-21,38H,6-19,22-37H2,1-5H3/b21-20-/t38-/m1/s1. The van der Waals surface area contributed by atoms with Gasteiger partial charge in [-0.25, -0.2) is 0 Å². The molecule has 0 spiro atoms. The topological polar surface area (TPSA) is 111 Å². The van der Waals surface area contributed by atoms with E-state index in [1.54, 1.807) is 0 Å². The van der Waals surface area contributed by atoms with E-state index in [1.807, 2.05) is 21.1 Å². The molecule has 0 saturated heterocycles. The number of unbranched alkanes of at least 4 members (excludes halogenated alkanes) is 21. The van der Waals surface area contributed by atoms with Gasteiger partial charge in [0.15, 0.2) is 6.10 Å². The minimum Gasteiger partial charge on any atom is -0.756 e. The number of hydrogen-bond donors (Lipinski definition) is 0. The third-order valence-corrected chi connectivity index (χ3v) is 9.75. The maximum Gasteiger partial charge on any atom is 0.306 e. The second-order valence-electron chi connectivity index (χ2n) is 15.0. The zero-order valence-corrected chi connectivity index (χ0v) is 34.0. The molecule has 2 atom stereocenters. The van der Waals surface area contributed by atoms with E-state index < -0.39 is 26.5 Å². The quantitative estimate of drug-likeness (QED) is 0.0204. The van der Waals surface area contributed by atoms with Crippen LogP contribution in [0.1, 0.15) is 181 Å². The van der Waals surface area contributed by atoms with Gasteiger partial charge < -0.3 is 27.9 Å². The van der Waals surface area contributed by atoms with Crippen LogP contribution < -0.4 is 4.89 Å². The van der Waals surface area contributed by atoms with Gasteiger partial charge in [-0.3, -0.25) is 14.2 Å². The SMILES string of the molecule is CCCCCCCCC/C=C\CCCCCCCC(=O)O[C@H](COC(=O)CCCCCCCCCCCC)COP(=O)([O-])OCC[N+](C)(C)C. The zero-order chi connectivity index (χ0) is 37.2. The van der Waals surface area contributed by atoms with E-state index in [2.05, 4.69) is 26.0 Å². The molecule has 0 fully saturated rings. The van der Waals surface area contributed by atoms with Crippen molar-refractivity contribution in [3.8, 4) is 0 Å². The Bertz CT molecular complexity index is 876. The molecule has 0 aromatic heterocycles. The molecule has 0 N–H and O–H groups in total. The molecule has 0 aliphatic heterocycles. The van der Waals surface area contributed by atoms with E-state index in [9.17, 15) is 19.0 Å². The van der Waals surface area contributed by atoms with Crippen molar-refractivity contribution in [1.82, 2.24) is 0 Å². The van der Waals surface area contributed by atoms with E-state index in [0.29, 0.717) is 17.4 Å². The second kappa shape index (κ2) is 33.6. The number of ether oxygens (including phenoxy) is 2. The van der Waals surface area contributed by atoms with Gasteiger partial charge in [0, 0.05) is 12.8 Å². The summed E-state index contributed by atoms with van der Waals surface area (Å²) in [6.45, 7) is 4.20. The molecular weight excluding hydrogens is 653 g/mol. The molecule has 0 heterocycles.